The smallest absolute Gasteiger partial charge is 0.226 e. The van der Waals surface area contributed by atoms with Gasteiger partial charge in [-0.25, -0.2) is 0 Å². The first kappa shape index (κ1) is 13.4. The second kappa shape index (κ2) is 6.76. The molecule has 0 aromatic carbocycles. The molecule has 0 atom stereocenters. The molecule has 2 N–H and O–H groups in total. The van der Waals surface area contributed by atoms with Gasteiger partial charge in [0.25, 0.3) is 0 Å². The Morgan fingerprint density at radius 3 is 2.14 bits per heavy atom. The second-order valence-corrected chi connectivity index (χ2v) is 3.86. The van der Waals surface area contributed by atoms with Gasteiger partial charge < -0.3 is 10.6 Å². The first-order valence-electron chi connectivity index (χ1n) is 5.13. The normalized spacial score (nSPS) is 10.3. The first-order chi connectivity index (χ1) is 6.56. The maximum absolute atomic E-state index is 11.9. The van der Waals surface area contributed by atoms with Crippen LogP contribution in [0.3, 0.4) is 0 Å². The molecule has 82 valence electrons. The highest BCUT2D eigenvalue weighted by molar-refractivity contribution is 7.80. The van der Waals surface area contributed by atoms with Gasteiger partial charge in [-0.2, -0.15) is 0 Å². The van der Waals surface area contributed by atoms with E-state index in [4.69, 9.17) is 18.0 Å². The van der Waals surface area contributed by atoms with E-state index in [9.17, 15) is 4.79 Å². The zero-order chi connectivity index (χ0) is 11.1. The van der Waals surface area contributed by atoms with Crippen LogP contribution in [0.4, 0.5) is 0 Å². The Morgan fingerprint density at radius 1 is 1.36 bits per heavy atom. The number of rotatable bonds is 6. The molecule has 0 spiro atoms. The highest BCUT2D eigenvalue weighted by atomic mass is 32.1. The van der Waals surface area contributed by atoms with Crippen LogP contribution >= 0.6 is 12.2 Å². The van der Waals surface area contributed by atoms with E-state index in [0.29, 0.717) is 18.1 Å². The van der Waals surface area contributed by atoms with Crippen molar-refractivity contribution in [2.45, 2.75) is 33.6 Å². The van der Waals surface area contributed by atoms with Crippen molar-refractivity contribution in [3.05, 3.63) is 0 Å². The number of amides is 1. The number of nitrogens with zero attached hydrogens (tertiary/aromatic N) is 1. The molecule has 0 aliphatic rings. The maximum atomic E-state index is 11.9. The molecule has 0 aromatic rings. The molecule has 0 aliphatic carbocycles. The lowest BCUT2D eigenvalue weighted by atomic mass is 10.0. The molecule has 0 saturated carbocycles. The molecule has 0 aliphatic heterocycles. The Bertz CT molecular complexity index is 202. The van der Waals surface area contributed by atoms with Crippen LogP contribution < -0.4 is 5.73 Å². The zero-order valence-corrected chi connectivity index (χ0v) is 10.1. The SMILES string of the molecule is CCC(CC)C(=O)N(CC)CC(N)=S. The Kier molecular flexibility index (Phi) is 6.45. The highest BCUT2D eigenvalue weighted by Crippen LogP contribution is 2.11. The lowest BCUT2D eigenvalue weighted by Crippen LogP contribution is -2.40. The Morgan fingerprint density at radius 2 is 1.86 bits per heavy atom. The van der Waals surface area contributed by atoms with Crippen molar-refractivity contribution in [2.24, 2.45) is 11.7 Å². The average Bonchev–Trinajstić information content (AvgIpc) is 2.15. The molecule has 0 bridgehead atoms. The maximum Gasteiger partial charge on any atom is 0.226 e. The van der Waals surface area contributed by atoms with Crippen LogP contribution in [0.2, 0.25) is 0 Å². The van der Waals surface area contributed by atoms with Crippen molar-refractivity contribution in [1.82, 2.24) is 4.90 Å². The number of nitrogens with two attached hydrogens (primary N) is 1. The summed E-state index contributed by atoms with van der Waals surface area (Å²) < 4.78 is 0. The van der Waals surface area contributed by atoms with E-state index in [0.717, 1.165) is 12.8 Å². The standard InChI is InChI=1S/C10H20N2OS/c1-4-8(5-2)10(13)12(6-3)7-9(11)14/h8H,4-7H2,1-3H3,(H2,11,14). The number of hydrogen-bond acceptors (Lipinski definition) is 2. The summed E-state index contributed by atoms with van der Waals surface area (Å²) in [6.45, 7) is 7.08. The van der Waals surface area contributed by atoms with E-state index in [2.05, 4.69) is 0 Å². The molecule has 0 aromatic heterocycles. The summed E-state index contributed by atoms with van der Waals surface area (Å²) >= 11 is 4.80. The molecule has 0 radical (unpaired) electrons. The van der Waals surface area contributed by atoms with Crippen molar-refractivity contribution in [3.8, 4) is 0 Å². The van der Waals surface area contributed by atoms with Crippen molar-refractivity contribution in [3.63, 3.8) is 0 Å². The molecule has 0 rings (SSSR count). The molecule has 0 fully saturated rings. The predicted molar refractivity (Wildman–Crippen MR) is 63.1 cm³/mol. The van der Waals surface area contributed by atoms with Crippen LogP contribution in [0.25, 0.3) is 0 Å². The fraction of sp³-hybridized carbons (Fsp3) is 0.800. The molecule has 14 heavy (non-hydrogen) atoms. The third-order valence-electron chi connectivity index (χ3n) is 2.37. The van der Waals surface area contributed by atoms with Crippen molar-refractivity contribution < 1.29 is 4.79 Å². The van der Waals surface area contributed by atoms with Crippen LogP contribution in [0, 0.1) is 5.92 Å². The van der Waals surface area contributed by atoms with Gasteiger partial charge in [0.2, 0.25) is 5.91 Å². The lowest BCUT2D eigenvalue weighted by molar-refractivity contribution is -0.134. The van der Waals surface area contributed by atoms with Crippen LogP contribution in [-0.4, -0.2) is 28.9 Å². The Balaban J connectivity index is 4.35. The van der Waals surface area contributed by atoms with Crippen LogP contribution in [0.15, 0.2) is 0 Å². The van der Waals surface area contributed by atoms with Crippen molar-refractivity contribution in [2.75, 3.05) is 13.1 Å². The summed E-state index contributed by atoms with van der Waals surface area (Å²) in [5.74, 6) is 0.287. The van der Waals surface area contributed by atoms with Crippen molar-refractivity contribution >= 4 is 23.1 Å². The van der Waals surface area contributed by atoms with Crippen molar-refractivity contribution in [1.29, 1.82) is 0 Å². The number of likely N-dealkylation sites (N-methyl/N-ethyl adjacent to an activating group) is 1. The molecule has 0 saturated heterocycles. The minimum absolute atomic E-state index is 0.115. The topological polar surface area (TPSA) is 46.3 Å². The molecule has 4 heteroatoms. The van der Waals surface area contributed by atoms with Gasteiger partial charge in [0.05, 0.1) is 11.5 Å². The number of thiocarbonyl (C=S) groups is 1. The summed E-state index contributed by atoms with van der Waals surface area (Å²) in [5.41, 5.74) is 5.43. The van der Waals surface area contributed by atoms with E-state index in [1.165, 1.54) is 0 Å². The van der Waals surface area contributed by atoms with Gasteiger partial charge >= 0.3 is 0 Å². The van der Waals surface area contributed by atoms with E-state index < -0.39 is 0 Å². The quantitative estimate of drug-likeness (QED) is 0.685. The van der Waals surface area contributed by atoms with Gasteiger partial charge in [-0.1, -0.05) is 26.1 Å². The second-order valence-electron chi connectivity index (χ2n) is 3.33. The fourth-order valence-electron chi connectivity index (χ4n) is 1.43. The number of carbonyl (C=O) groups is 1. The van der Waals surface area contributed by atoms with E-state index in [1.54, 1.807) is 4.90 Å². The molecular formula is C10H20N2OS. The summed E-state index contributed by atoms with van der Waals surface area (Å²) in [5, 5.41) is 0. The van der Waals surface area contributed by atoms with Gasteiger partial charge in [-0.15, -0.1) is 0 Å². The molecule has 1 amide bonds. The first-order valence-corrected chi connectivity index (χ1v) is 5.54. The third kappa shape index (κ3) is 4.05. The van der Waals surface area contributed by atoms with E-state index in [-0.39, 0.29) is 11.8 Å². The molecule has 0 heterocycles. The Labute approximate surface area is 91.6 Å². The molecule has 0 unspecified atom stereocenters. The van der Waals surface area contributed by atoms with Crippen LogP contribution in [0.1, 0.15) is 33.6 Å². The minimum Gasteiger partial charge on any atom is -0.392 e. The summed E-state index contributed by atoms with van der Waals surface area (Å²) in [6.07, 6.45) is 1.76. The largest absolute Gasteiger partial charge is 0.392 e. The Hall–Kier alpha value is -0.640. The van der Waals surface area contributed by atoms with Gasteiger partial charge in [0.1, 0.15) is 0 Å². The highest BCUT2D eigenvalue weighted by Gasteiger charge is 2.20. The zero-order valence-electron chi connectivity index (χ0n) is 9.25. The van der Waals surface area contributed by atoms with Crippen LogP contribution in [-0.2, 0) is 4.79 Å². The van der Waals surface area contributed by atoms with E-state index >= 15 is 0 Å². The third-order valence-corrected chi connectivity index (χ3v) is 2.50. The van der Waals surface area contributed by atoms with Crippen LogP contribution in [0.5, 0.6) is 0 Å². The number of hydrogen-bond donors (Lipinski definition) is 1. The summed E-state index contributed by atoms with van der Waals surface area (Å²) in [7, 11) is 0. The monoisotopic (exact) mass is 216 g/mol. The minimum atomic E-state index is 0.115. The molecule has 3 nitrogen and oxygen atoms in total. The number of carbonyl (C=O) groups excluding carboxylic acids is 1. The fourth-order valence-corrected chi connectivity index (χ4v) is 1.59. The predicted octanol–water partition coefficient (Wildman–Crippen LogP) is 1.56. The van der Waals surface area contributed by atoms with Gasteiger partial charge in [-0.05, 0) is 19.8 Å². The average molecular weight is 216 g/mol. The van der Waals surface area contributed by atoms with Gasteiger partial charge in [0, 0.05) is 12.5 Å². The van der Waals surface area contributed by atoms with Gasteiger partial charge in [-0.3, -0.25) is 4.79 Å². The summed E-state index contributed by atoms with van der Waals surface area (Å²) in [4.78, 5) is 14.0. The van der Waals surface area contributed by atoms with Gasteiger partial charge in [0.15, 0.2) is 0 Å². The lowest BCUT2D eigenvalue weighted by Gasteiger charge is -2.24. The molecular weight excluding hydrogens is 196 g/mol. The summed E-state index contributed by atoms with van der Waals surface area (Å²) in [6, 6.07) is 0. The van der Waals surface area contributed by atoms with E-state index in [1.807, 2.05) is 20.8 Å².